The summed E-state index contributed by atoms with van der Waals surface area (Å²) >= 11 is 0. The summed E-state index contributed by atoms with van der Waals surface area (Å²) in [5.41, 5.74) is 0.824. The normalized spacial score (nSPS) is 12.1. The Balaban J connectivity index is 2.36. The Labute approximate surface area is 195 Å². The van der Waals surface area contributed by atoms with Crippen LogP contribution in [-0.2, 0) is 12.4 Å². The highest BCUT2D eigenvalue weighted by atomic mass is 19.4. The Hall–Kier alpha value is -4.05. The second-order valence-electron chi connectivity index (χ2n) is 6.94. The first-order chi connectivity index (χ1) is 16.9. The van der Waals surface area contributed by atoms with Crippen LogP contribution in [-0.4, -0.2) is 0 Å². The van der Waals surface area contributed by atoms with E-state index in [0.717, 1.165) is 0 Å². The number of nitrogens with two attached hydrogens (primary N) is 2. The molecule has 3 rings (SSSR count). The molecule has 4 N–H and O–H groups in total. The summed E-state index contributed by atoms with van der Waals surface area (Å²) in [5.74, 6) is -22.5. The minimum Gasteiger partial charge on any atom is -0.451 e. The Kier molecular flexibility index (Phi) is 6.78. The van der Waals surface area contributed by atoms with Crippen LogP contribution >= 0.6 is 0 Å². The summed E-state index contributed by atoms with van der Waals surface area (Å²) < 4.78 is 187. The van der Waals surface area contributed by atoms with E-state index in [1.54, 1.807) is 0 Å². The number of benzene rings is 3. The van der Waals surface area contributed by atoms with Crippen LogP contribution < -0.4 is 20.9 Å². The van der Waals surface area contributed by atoms with E-state index in [0.29, 0.717) is 0 Å². The Morgan fingerprint density at radius 2 is 0.919 bits per heavy atom. The first kappa shape index (κ1) is 27.5. The van der Waals surface area contributed by atoms with Gasteiger partial charge in [0.2, 0.25) is 5.82 Å². The van der Waals surface area contributed by atoms with E-state index in [1.165, 1.54) is 0 Å². The first-order valence-electron chi connectivity index (χ1n) is 9.08. The fourth-order valence-electron chi connectivity index (χ4n) is 2.86. The van der Waals surface area contributed by atoms with Crippen LogP contribution in [0.1, 0.15) is 11.1 Å². The van der Waals surface area contributed by atoms with Gasteiger partial charge in [-0.15, -0.1) is 0 Å². The summed E-state index contributed by atoms with van der Waals surface area (Å²) in [6.07, 6.45) is -12.1. The van der Waals surface area contributed by atoms with Gasteiger partial charge in [0.25, 0.3) is 0 Å². The SMILES string of the molecule is Nc1c(F)c(F)cc(Oc2cc(C(F)(F)F)c(C(F)(F)F)c(Oc3cc(F)c(F)c(N)c3F)c2F)c1F. The monoisotopic (exact) mass is 554 g/mol. The highest BCUT2D eigenvalue weighted by Gasteiger charge is 2.48. The van der Waals surface area contributed by atoms with Crippen molar-refractivity contribution in [1.82, 2.24) is 0 Å². The van der Waals surface area contributed by atoms with Crippen molar-refractivity contribution in [2.24, 2.45) is 0 Å². The minimum atomic E-state index is -6.10. The van der Waals surface area contributed by atoms with Gasteiger partial charge in [0, 0.05) is 12.1 Å². The molecular formula is C20H7F13N2O2. The van der Waals surface area contributed by atoms with Crippen LogP contribution in [0.3, 0.4) is 0 Å². The Morgan fingerprint density at radius 1 is 0.514 bits per heavy atom. The number of nitrogen functional groups attached to an aromatic ring is 2. The summed E-state index contributed by atoms with van der Waals surface area (Å²) in [6, 6.07) is -1.10. The fraction of sp³-hybridized carbons (Fsp3) is 0.100. The van der Waals surface area contributed by atoms with E-state index in [9.17, 15) is 52.7 Å². The third kappa shape index (κ3) is 4.97. The molecule has 0 aromatic heterocycles. The highest BCUT2D eigenvalue weighted by Crippen LogP contribution is 2.51. The largest absolute Gasteiger partial charge is 0.451 e. The molecule has 0 aliphatic heterocycles. The fourth-order valence-corrected chi connectivity index (χ4v) is 2.86. The lowest BCUT2D eigenvalue weighted by molar-refractivity contribution is -0.163. The third-order valence-corrected chi connectivity index (χ3v) is 4.52. The van der Waals surface area contributed by atoms with Crippen LogP contribution in [0.5, 0.6) is 23.0 Å². The second kappa shape index (κ2) is 9.11. The molecule has 0 fully saturated rings. The predicted molar refractivity (Wildman–Crippen MR) is 98.0 cm³/mol. The molecule has 0 saturated heterocycles. The van der Waals surface area contributed by atoms with Crippen molar-refractivity contribution in [3.05, 3.63) is 70.0 Å². The molecule has 3 aromatic rings. The van der Waals surface area contributed by atoms with Crippen LogP contribution in [0.25, 0.3) is 0 Å². The number of hydrogen-bond donors (Lipinski definition) is 2. The van der Waals surface area contributed by atoms with Gasteiger partial charge in [0.1, 0.15) is 16.9 Å². The maximum atomic E-state index is 15.1. The average Bonchev–Trinajstić information content (AvgIpc) is 2.78. The van der Waals surface area contributed by atoms with Gasteiger partial charge < -0.3 is 20.9 Å². The Bertz CT molecular complexity index is 1400. The van der Waals surface area contributed by atoms with Crippen molar-refractivity contribution in [3.8, 4) is 23.0 Å². The smallest absolute Gasteiger partial charge is 0.420 e. The van der Waals surface area contributed by atoms with E-state index in [4.69, 9.17) is 11.5 Å². The van der Waals surface area contributed by atoms with Crippen LogP contribution in [0.15, 0.2) is 18.2 Å². The topological polar surface area (TPSA) is 70.5 Å². The summed E-state index contributed by atoms with van der Waals surface area (Å²) in [4.78, 5) is 0. The zero-order chi connectivity index (χ0) is 28.2. The number of alkyl halides is 6. The number of rotatable bonds is 4. The van der Waals surface area contributed by atoms with Crippen LogP contribution in [0.4, 0.5) is 68.5 Å². The van der Waals surface area contributed by atoms with Gasteiger partial charge in [0.05, 0.1) is 5.56 Å². The van der Waals surface area contributed by atoms with Gasteiger partial charge in [-0.3, -0.25) is 0 Å². The standard InChI is InChI=1S/C20H7F13N2O2/c21-5-2-8(13(25)16(34)11(5)23)36-7-1-4(19(28,29)30)10(20(31,32)33)18(15(7)27)37-9-3-6(22)12(24)17(35)14(9)26/h1-3H,34-35H2. The molecule has 3 aromatic carbocycles. The van der Waals surface area contributed by atoms with Crippen molar-refractivity contribution < 1.29 is 66.5 Å². The lowest BCUT2D eigenvalue weighted by Gasteiger charge is -2.22. The molecule has 0 heterocycles. The molecule has 0 saturated carbocycles. The number of anilines is 2. The Morgan fingerprint density at radius 3 is 1.32 bits per heavy atom. The maximum absolute atomic E-state index is 15.1. The van der Waals surface area contributed by atoms with Gasteiger partial charge >= 0.3 is 12.4 Å². The molecule has 0 radical (unpaired) electrons. The molecule has 0 amide bonds. The van der Waals surface area contributed by atoms with Gasteiger partial charge in [-0.25, -0.2) is 26.3 Å². The molecule has 4 nitrogen and oxygen atoms in total. The van der Waals surface area contributed by atoms with Crippen LogP contribution in [0, 0.1) is 40.7 Å². The number of ether oxygens (including phenoxy) is 2. The lowest BCUT2D eigenvalue weighted by Crippen LogP contribution is -2.19. The number of hydrogen-bond acceptors (Lipinski definition) is 4. The first-order valence-corrected chi connectivity index (χ1v) is 9.08. The zero-order valence-electron chi connectivity index (χ0n) is 17.1. The maximum Gasteiger partial charge on any atom is 0.420 e. The summed E-state index contributed by atoms with van der Waals surface area (Å²) in [7, 11) is 0. The second-order valence-corrected chi connectivity index (χ2v) is 6.94. The zero-order valence-corrected chi connectivity index (χ0v) is 17.1. The quantitative estimate of drug-likeness (QED) is 0.200. The van der Waals surface area contributed by atoms with E-state index < -0.39 is 105 Å². The summed E-state index contributed by atoms with van der Waals surface area (Å²) in [5, 5.41) is 0. The van der Waals surface area contributed by atoms with Gasteiger partial charge in [-0.1, -0.05) is 0 Å². The molecule has 37 heavy (non-hydrogen) atoms. The van der Waals surface area contributed by atoms with Crippen molar-refractivity contribution in [3.63, 3.8) is 0 Å². The molecular weight excluding hydrogens is 547 g/mol. The van der Waals surface area contributed by atoms with E-state index >= 15 is 4.39 Å². The molecule has 17 heteroatoms. The van der Waals surface area contributed by atoms with E-state index in [-0.39, 0.29) is 12.1 Å². The van der Waals surface area contributed by atoms with E-state index in [2.05, 4.69) is 9.47 Å². The van der Waals surface area contributed by atoms with Crippen molar-refractivity contribution in [2.75, 3.05) is 11.5 Å². The molecule has 0 spiro atoms. The highest BCUT2D eigenvalue weighted by molar-refractivity contribution is 5.56. The molecule has 200 valence electrons. The van der Waals surface area contributed by atoms with Crippen molar-refractivity contribution >= 4 is 11.4 Å². The van der Waals surface area contributed by atoms with Gasteiger partial charge in [0.15, 0.2) is 57.9 Å². The van der Waals surface area contributed by atoms with E-state index in [1.807, 2.05) is 0 Å². The predicted octanol–water partition coefficient (Wildman–Crippen LogP) is 7.45. The average molecular weight is 554 g/mol. The molecule has 0 aliphatic rings. The third-order valence-electron chi connectivity index (χ3n) is 4.52. The number of halogens is 13. The van der Waals surface area contributed by atoms with Gasteiger partial charge in [-0.2, -0.15) is 30.7 Å². The minimum absolute atomic E-state index is 0.165. The molecule has 0 atom stereocenters. The van der Waals surface area contributed by atoms with Crippen LogP contribution in [0.2, 0.25) is 0 Å². The lowest BCUT2D eigenvalue weighted by atomic mass is 10.0. The molecule has 0 unspecified atom stereocenters. The van der Waals surface area contributed by atoms with Gasteiger partial charge in [-0.05, 0) is 6.07 Å². The molecule has 0 bridgehead atoms. The van der Waals surface area contributed by atoms with Crippen molar-refractivity contribution in [2.45, 2.75) is 12.4 Å². The summed E-state index contributed by atoms with van der Waals surface area (Å²) in [6.45, 7) is 0. The molecule has 0 aliphatic carbocycles. The van der Waals surface area contributed by atoms with Crippen molar-refractivity contribution in [1.29, 1.82) is 0 Å².